The Morgan fingerprint density at radius 2 is 1.95 bits per heavy atom. The van der Waals surface area contributed by atoms with Gasteiger partial charge < -0.3 is 4.74 Å². The smallest absolute Gasteiger partial charge is 0.260 e. The van der Waals surface area contributed by atoms with Crippen molar-refractivity contribution in [3.05, 3.63) is 54.6 Å². The van der Waals surface area contributed by atoms with E-state index in [1.165, 1.54) is 0 Å². The first-order chi connectivity index (χ1) is 9.33. The zero-order valence-corrected chi connectivity index (χ0v) is 10.2. The van der Waals surface area contributed by atoms with Gasteiger partial charge in [0.2, 0.25) is 0 Å². The van der Waals surface area contributed by atoms with Crippen LogP contribution in [0.1, 0.15) is 0 Å². The van der Waals surface area contributed by atoms with Gasteiger partial charge in [0.25, 0.3) is 5.91 Å². The van der Waals surface area contributed by atoms with Crippen molar-refractivity contribution in [3.63, 3.8) is 0 Å². The Hall–Kier alpha value is -2.49. The molecule has 94 valence electrons. The van der Waals surface area contributed by atoms with E-state index in [9.17, 15) is 4.79 Å². The highest BCUT2D eigenvalue weighted by atomic mass is 16.5. The van der Waals surface area contributed by atoms with Crippen LogP contribution in [0.5, 0.6) is 5.75 Å². The third-order valence-electron chi connectivity index (χ3n) is 2.87. The molecule has 1 heterocycles. The van der Waals surface area contributed by atoms with Gasteiger partial charge in [0.05, 0.1) is 5.71 Å². The van der Waals surface area contributed by atoms with E-state index >= 15 is 0 Å². The summed E-state index contributed by atoms with van der Waals surface area (Å²) < 4.78 is 5.54. The van der Waals surface area contributed by atoms with E-state index in [0.717, 1.165) is 11.5 Å². The van der Waals surface area contributed by atoms with Crippen molar-refractivity contribution in [3.8, 4) is 5.75 Å². The van der Waals surface area contributed by atoms with Crippen LogP contribution in [0.25, 0.3) is 0 Å². The number of rotatable bonds is 3. The van der Waals surface area contributed by atoms with Gasteiger partial charge in [-0.25, -0.2) is 4.99 Å². The molecular formula is C15H12N2O2. The van der Waals surface area contributed by atoms with Gasteiger partial charge in [-0.1, -0.05) is 36.4 Å². The van der Waals surface area contributed by atoms with Gasteiger partial charge >= 0.3 is 0 Å². The Bertz CT molecular complexity index is 612. The minimum absolute atomic E-state index is 0.183. The highest BCUT2D eigenvalue weighted by Crippen LogP contribution is 2.16. The number of hydrogen-bond acceptors (Lipinski definition) is 3. The maximum absolute atomic E-state index is 11.8. The summed E-state index contributed by atoms with van der Waals surface area (Å²) in [5.74, 6) is 0.641. The minimum Gasteiger partial charge on any atom is -0.486 e. The number of carbonyl (C=O) groups is 1. The van der Waals surface area contributed by atoms with E-state index in [1.54, 1.807) is 6.08 Å². The van der Waals surface area contributed by atoms with Crippen LogP contribution in [0.15, 0.2) is 64.6 Å². The normalized spacial score (nSPS) is 20.6. The van der Waals surface area contributed by atoms with Crippen molar-refractivity contribution in [2.45, 2.75) is 0 Å². The summed E-state index contributed by atoms with van der Waals surface area (Å²) in [6.45, 7) is 0.198. The highest BCUT2D eigenvalue weighted by molar-refractivity contribution is 6.21. The van der Waals surface area contributed by atoms with Crippen LogP contribution in [-0.2, 0) is 4.79 Å². The second-order valence-corrected chi connectivity index (χ2v) is 4.23. The van der Waals surface area contributed by atoms with Crippen molar-refractivity contribution in [2.24, 2.45) is 15.9 Å². The molecule has 2 aliphatic rings. The molecule has 3 rings (SSSR count). The van der Waals surface area contributed by atoms with E-state index in [1.807, 2.05) is 48.6 Å². The lowest BCUT2D eigenvalue weighted by Gasteiger charge is -2.17. The predicted molar refractivity (Wildman–Crippen MR) is 73.6 cm³/mol. The van der Waals surface area contributed by atoms with E-state index in [2.05, 4.69) is 9.98 Å². The summed E-state index contributed by atoms with van der Waals surface area (Å²) in [6, 6.07) is 9.40. The Morgan fingerprint density at radius 3 is 2.79 bits per heavy atom. The second kappa shape index (κ2) is 5.02. The molecule has 0 radical (unpaired) electrons. The number of fused-ring (bicyclic) bond motifs is 1. The molecule has 1 atom stereocenters. The van der Waals surface area contributed by atoms with Crippen molar-refractivity contribution in [1.29, 1.82) is 0 Å². The van der Waals surface area contributed by atoms with Crippen molar-refractivity contribution in [2.75, 3.05) is 6.61 Å². The molecule has 4 nitrogen and oxygen atoms in total. The molecule has 4 heteroatoms. The first kappa shape index (κ1) is 11.6. The standard InChI is InChI=1S/C15H12N2O2/c18-15-12-8-4-5-9-13(12)16-14(17-15)10-19-11-6-2-1-3-7-11/h1-9,12H,10H2. The number of allylic oxidation sites excluding steroid dienone is 3. The molecule has 1 unspecified atom stereocenters. The number of amides is 1. The number of amidine groups is 1. The van der Waals surface area contributed by atoms with Gasteiger partial charge in [0.15, 0.2) is 5.84 Å². The van der Waals surface area contributed by atoms with E-state index in [-0.39, 0.29) is 18.4 Å². The number of para-hydroxylation sites is 1. The molecule has 1 aliphatic heterocycles. The molecule has 0 N–H and O–H groups in total. The average molecular weight is 252 g/mol. The zero-order valence-electron chi connectivity index (χ0n) is 10.2. The van der Waals surface area contributed by atoms with Crippen LogP contribution in [0, 0.1) is 5.92 Å². The molecule has 1 aliphatic carbocycles. The van der Waals surface area contributed by atoms with Crippen LogP contribution in [0.2, 0.25) is 0 Å². The van der Waals surface area contributed by atoms with Crippen LogP contribution >= 0.6 is 0 Å². The molecule has 0 aromatic heterocycles. The van der Waals surface area contributed by atoms with Crippen molar-refractivity contribution in [1.82, 2.24) is 0 Å². The Kier molecular flexibility index (Phi) is 3.06. The average Bonchev–Trinajstić information content (AvgIpc) is 2.46. The van der Waals surface area contributed by atoms with Crippen LogP contribution < -0.4 is 4.74 Å². The summed E-state index contributed by atoms with van der Waals surface area (Å²) in [7, 11) is 0. The molecule has 0 fully saturated rings. The number of ether oxygens (including phenoxy) is 1. The minimum atomic E-state index is -0.328. The zero-order chi connectivity index (χ0) is 13.1. The fourth-order valence-corrected chi connectivity index (χ4v) is 1.95. The predicted octanol–water partition coefficient (Wildman–Crippen LogP) is 2.19. The van der Waals surface area contributed by atoms with E-state index in [4.69, 9.17) is 4.74 Å². The Labute approximate surface area is 110 Å². The van der Waals surface area contributed by atoms with Crippen molar-refractivity contribution >= 4 is 17.5 Å². The topological polar surface area (TPSA) is 51.0 Å². The lowest BCUT2D eigenvalue weighted by Crippen LogP contribution is -2.29. The van der Waals surface area contributed by atoms with E-state index in [0.29, 0.717) is 5.84 Å². The molecule has 1 aromatic carbocycles. The van der Waals surface area contributed by atoms with Crippen LogP contribution in [0.3, 0.4) is 0 Å². The molecule has 0 saturated heterocycles. The third-order valence-corrected chi connectivity index (χ3v) is 2.87. The van der Waals surface area contributed by atoms with E-state index < -0.39 is 0 Å². The molecule has 19 heavy (non-hydrogen) atoms. The fraction of sp³-hybridized carbons (Fsp3) is 0.133. The summed E-state index contributed by atoms with van der Waals surface area (Å²) >= 11 is 0. The van der Waals surface area contributed by atoms with Gasteiger partial charge in [-0.15, -0.1) is 0 Å². The first-order valence-corrected chi connectivity index (χ1v) is 6.05. The summed E-state index contributed by atoms with van der Waals surface area (Å²) in [4.78, 5) is 20.2. The summed E-state index contributed by atoms with van der Waals surface area (Å²) in [6.07, 6.45) is 7.34. The molecule has 0 bridgehead atoms. The monoisotopic (exact) mass is 252 g/mol. The summed E-state index contributed by atoms with van der Waals surface area (Å²) in [5, 5.41) is 0. The van der Waals surface area contributed by atoms with Gasteiger partial charge in [-0.3, -0.25) is 4.79 Å². The highest BCUT2D eigenvalue weighted by Gasteiger charge is 2.26. The SMILES string of the molecule is O=C1N=C(COc2ccccc2)N=C2C=CC=CC12. The number of benzene rings is 1. The van der Waals surface area contributed by atoms with Gasteiger partial charge in [-0.05, 0) is 18.2 Å². The van der Waals surface area contributed by atoms with Crippen LogP contribution in [0.4, 0.5) is 0 Å². The largest absolute Gasteiger partial charge is 0.486 e. The number of carbonyl (C=O) groups excluding carboxylic acids is 1. The van der Waals surface area contributed by atoms with Gasteiger partial charge in [0.1, 0.15) is 18.3 Å². The maximum atomic E-state index is 11.8. The fourth-order valence-electron chi connectivity index (χ4n) is 1.95. The first-order valence-electron chi connectivity index (χ1n) is 6.05. The molecule has 1 amide bonds. The lowest BCUT2D eigenvalue weighted by atomic mass is 9.97. The third kappa shape index (κ3) is 2.52. The lowest BCUT2D eigenvalue weighted by molar-refractivity contribution is -0.118. The van der Waals surface area contributed by atoms with Gasteiger partial charge in [-0.2, -0.15) is 4.99 Å². The molecule has 0 saturated carbocycles. The van der Waals surface area contributed by atoms with Crippen molar-refractivity contribution < 1.29 is 9.53 Å². The maximum Gasteiger partial charge on any atom is 0.260 e. The molecular weight excluding hydrogens is 240 g/mol. The Morgan fingerprint density at radius 1 is 1.11 bits per heavy atom. The number of nitrogens with zero attached hydrogens (tertiary/aromatic N) is 2. The number of aliphatic imine (C=N–C) groups is 2. The molecule has 0 spiro atoms. The quantitative estimate of drug-likeness (QED) is 0.828. The molecule has 1 aromatic rings. The number of hydrogen-bond donors (Lipinski definition) is 0. The van der Waals surface area contributed by atoms with Gasteiger partial charge in [0, 0.05) is 0 Å². The van der Waals surface area contributed by atoms with Crippen LogP contribution in [-0.4, -0.2) is 24.1 Å². The summed E-state index contributed by atoms with van der Waals surface area (Å²) in [5.41, 5.74) is 0.731. The second-order valence-electron chi connectivity index (χ2n) is 4.23. The Balaban J connectivity index is 1.73.